The van der Waals surface area contributed by atoms with Crippen molar-refractivity contribution in [3.8, 4) is 0 Å². The van der Waals surface area contributed by atoms with Crippen LogP contribution in [0.1, 0.15) is 12.2 Å². The lowest BCUT2D eigenvalue weighted by Crippen LogP contribution is -2.04. The molecule has 1 aromatic rings. The van der Waals surface area contributed by atoms with E-state index in [1.54, 1.807) is 31.6 Å². The molecule has 2 rings (SSSR count). The second kappa shape index (κ2) is 3.18. The molecule has 0 saturated carbocycles. The van der Waals surface area contributed by atoms with Gasteiger partial charge in [0.25, 0.3) is 0 Å². The molecule has 0 unspecified atom stereocenters. The van der Waals surface area contributed by atoms with Gasteiger partial charge in [0.15, 0.2) is 5.78 Å². The average molecular weight is 178 g/mol. The second-order valence-corrected chi connectivity index (χ2v) is 2.96. The van der Waals surface area contributed by atoms with E-state index in [9.17, 15) is 4.79 Å². The molecule has 0 aliphatic heterocycles. The van der Waals surface area contributed by atoms with E-state index in [0.29, 0.717) is 17.8 Å². The first-order valence-electron chi connectivity index (χ1n) is 4.13. The quantitative estimate of drug-likeness (QED) is 0.691. The fourth-order valence-corrected chi connectivity index (χ4v) is 1.43. The highest BCUT2D eigenvalue weighted by Crippen LogP contribution is 2.26. The highest BCUT2D eigenvalue weighted by atomic mass is 16.5. The minimum Gasteiger partial charge on any atom is -0.464 e. The number of ketones is 1. The van der Waals surface area contributed by atoms with Crippen molar-refractivity contribution in [3.05, 3.63) is 30.2 Å². The van der Waals surface area contributed by atoms with E-state index < -0.39 is 0 Å². The van der Waals surface area contributed by atoms with E-state index >= 15 is 0 Å². The summed E-state index contributed by atoms with van der Waals surface area (Å²) >= 11 is 0. The number of hydrogen-bond acceptors (Lipinski definition) is 3. The summed E-state index contributed by atoms with van der Waals surface area (Å²) in [7, 11) is 1.60. The molecule has 1 atom stereocenters. The lowest BCUT2D eigenvalue weighted by molar-refractivity contribution is -0.114. The van der Waals surface area contributed by atoms with Gasteiger partial charge in [0, 0.05) is 13.5 Å². The summed E-state index contributed by atoms with van der Waals surface area (Å²) in [5.41, 5.74) is 0.636. The normalized spacial score (nSPS) is 22.1. The van der Waals surface area contributed by atoms with Crippen LogP contribution in [-0.2, 0) is 9.53 Å². The molecule has 3 nitrogen and oxygen atoms in total. The molecule has 0 aromatic carbocycles. The number of methoxy groups -OCH3 is 1. The van der Waals surface area contributed by atoms with Crippen molar-refractivity contribution in [2.75, 3.05) is 7.11 Å². The number of hydrogen-bond donors (Lipinski definition) is 0. The molecule has 0 N–H and O–H groups in total. The number of rotatable bonds is 2. The molecule has 1 aromatic heterocycles. The van der Waals surface area contributed by atoms with E-state index in [0.717, 1.165) is 0 Å². The van der Waals surface area contributed by atoms with Crippen LogP contribution in [0.15, 0.2) is 28.9 Å². The Morgan fingerprint density at radius 3 is 3.00 bits per heavy atom. The first kappa shape index (κ1) is 8.26. The van der Waals surface area contributed by atoms with Gasteiger partial charge in [-0.1, -0.05) is 0 Å². The molecular formula is C10H10O3. The number of carbonyl (C=O) groups excluding carboxylic acids is 1. The van der Waals surface area contributed by atoms with Crippen LogP contribution in [0.25, 0.3) is 5.57 Å². The Morgan fingerprint density at radius 2 is 2.46 bits per heavy atom. The minimum atomic E-state index is -0.0902. The Balaban J connectivity index is 2.29. The fraction of sp³-hybridized carbons (Fsp3) is 0.300. The smallest absolute Gasteiger partial charge is 0.169 e. The van der Waals surface area contributed by atoms with Crippen molar-refractivity contribution < 1.29 is 13.9 Å². The molecule has 0 spiro atoms. The molecule has 0 fully saturated rings. The number of allylic oxidation sites excluding steroid dienone is 1. The summed E-state index contributed by atoms with van der Waals surface area (Å²) in [5, 5.41) is 0. The zero-order chi connectivity index (χ0) is 9.26. The zero-order valence-electron chi connectivity index (χ0n) is 7.32. The maximum atomic E-state index is 11.4. The molecule has 0 radical (unpaired) electrons. The van der Waals surface area contributed by atoms with Crippen LogP contribution < -0.4 is 0 Å². The van der Waals surface area contributed by atoms with Gasteiger partial charge in [0.2, 0.25) is 0 Å². The van der Waals surface area contributed by atoms with E-state index in [2.05, 4.69) is 0 Å². The first-order valence-corrected chi connectivity index (χ1v) is 4.13. The third kappa shape index (κ3) is 1.42. The van der Waals surface area contributed by atoms with E-state index in [1.165, 1.54) is 0 Å². The molecule has 0 amide bonds. The van der Waals surface area contributed by atoms with Crippen LogP contribution in [0.3, 0.4) is 0 Å². The predicted molar refractivity (Wildman–Crippen MR) is 47.1 cm³/mol. The van der Waals surface area contributed by atoms with Gasteiger partial charge in [0.1, 0.15) is 5.76 Å². The van der Waals surface area contributed by atoms with Crippen molar-refractivity contribution in [3.63, 3.8) is 0 Å². The molecule has 3 heteroatoms. The monoisotopic (exact) mass is 178 g/mol. The van der Waals surface area contributed by atoms with E-state index in [-0.39, 0.29) is 11.9 Å². The van der Waals surface area contributed by atoms with Gasteiger partial charge < -0.3 is 9.15 Å². The Bertz CT molecular complexity index is 335. The number of ether oxygens (including phenoxy) is 1. The van der Waals surface area contributed by atoms with Crippen molar-refractivity contribution in [2.45, 2.75) is 12.5 Å². The first-order chi connectivity index (χ1) is 6.31. The molecule has 1 aliphatic rings. The minimum absolute atomic E-state index is 0.0850. The molecule has 68 valence electrons. The molecular weight excluding hydrogens is 168 g/mol. The van der Waals surface area contributed by atoms with E-state index in [4.69, 9.17) is 9.15 Å². The standard InChI is InChI=1S/C10H10O3/c1-12-7-5-8(9(11)6-7)10-3-2-4-13-10/h2-5,7H,6H2,1H3/t7-/m1/s1. The van der Waals surface area contributed by atoms with Gasteiger partial charge in [-0.25, -0.2) is 0 Å². The SMILES string of the molecule is CO[C@@H]1C=C(c2ccco2)C(=O)C1. The number of Topliss-reactive ketones (excluding diaryl/α,β-unsaturated/α-hetero) is 1. The summed E-state index contributed by atoms with van der Waals surface area (Å²) in [4.78, 5) is 11.4. The lowest BCUT2D eigenvalue weighted by Gasteiger charge is -1.99. The molecule has 1 aliphatic carbocycles. The predicted octanol–water partition coefficient (Wildman–Crippen LogP) is 1.65. The van der Waals surface area contributed by atoms with Crippen LogP contribution in [0.4, 0.5) is 0 Å². The molecule has 0 bridgehead atoms. The van der Waals surface area contributed by atoms with Crippen LogP contribution in [0, 0.1) is 0 Å². The van der Waals surface area contributed by atoms with Crippen molar-refractivity contribution >= 4 is 11.4 Å². The van der Waals surface area contributed by atoms with Gasteiger partial charge in [0.05, 0.1) is 17.9 Å². The van der Waals surface area contributed by atoms with Crippen LogP contribution >= 0.6 is 0 Å². The summed E-state index contributed by atoms with van der Waals surface area (Å²) in [5.74, 6) is 0.714. The van der Waals surface area contributed by atoms with Crippen molar-refractivity contribution in [1.29, 1.82) is 0 Å². The van der Waals surface area contributed by atoms with Crippen molar-refractivity contribution in [1.82, 2.24) is 0 Å². The highest BCUT2D eigenvalue weighted by molar-refractivity contribution is 6.22. The molecule has 13 heavy (non-hydrogen) atoms. The Labute approximate surface area is 76.0 Å². The topological polar surface area (TPSA) is 39.4 Å². The molecule has 1 heterocycles. The van der Waals surface area contributed by atoms with E-state index in [1.807, 2.05) is 0 Å². The van der Waals surface area contributed by atoms with Gasteiger partial charge in [-0.2, -0.15) is 0 Å². The average Bonchev–Trinajstić information content (AvgIpc) is 2.72. The summed E-state index contributed by atoms with van der Waals surface area (Å²) < 4.78 is 10.2. The zero-order valence-corrected chi connectivity index (χ0v) is 7.32. The lowest BCUT2D eigenvalue weighted by atomic mass is 10.2. The fourth-order valence-electron chi connectivity index (χ4n) is 1.43. The van der Waals surface area contributed by atoms with Gasteiger partial charge in [-0.15, -0.1) is 0 Å². The van der Waals surface area contributed by atoms with Crippen LogP contribution in [0.2, 0.25) is 0 Å². The Morgan fingerprint density at radius 1 is 1.62 bits per heavy atom. The summed E-state index contributed by atoms with van der Waals surface area (Å²) in [6.45, 7) is 0. The van der Waals surface area contributed by atoms with Gasteiger partial charge in [-0.05, 0) is 18.2 Å². The van der Waals surface area contributed by atoms with Crippen molar-refractivity contribution in [2.24, 2.45) is 0 Å². The van der Waals surface area contributed by atoms with Gasteiger partial charge in [-0.3, -0.25) is 4.79 Å². The van der Waals surface area contributed by atoms with Gasteiger partial charge >= 0.3 is 0 Å². The molecule has 0 saturated heterocycles. The third-order valence-electron chi connectivity index (χ3n) is 2.13. The summed E-state index contributed by atoms with van der Waals surface area (Å²) in [6, 6.07) is 3.55. The second-order valence-electron chi connectivity index (χ2n) is 2.96. The Hall–Kier alpha value is -1.35. The maximum absolute atomic E-state index is 11.4. The highest BCUT2D eigenvalue weighted by Gasteiger charge is 2.26. The van der Waals surface area contributed by atoms with Crippen LogP contribution in [0.5, 0.6) is 0 Å². The number of furan rings is 1. The van der Waals surface area contributed by atoms with Crippen LogP contribution in [-0.4, -0.2) is 19.0 Å². The largest absolute Gasteiger partial charge is 0.464 e. The maximum Gasteiger partial charge on any atom is 0.169 e. The Kier molecular flexibility index (Phi) is 2.02. The number of carbonyl (C=O) groups is 1. The summed E-state index contributed by atoms with van der Waals surface area (Å²) in [6.07, 6.45) is 3.70. The third-order valence-corrected chi connectivity index (χ3v) is 2.13.